The van der Waals surface area contributed by atoms with Crippen LogP contribution in [0, 0.1) is 16.7 Å². The lowest BCUT2D eigenvalue weighted by Gasteiger charge is -2.38. The molecule has 22 heavy (non-hydrogen) atoms. The van der Waals surface area contributed by atoms with E-state index in [9.17, 15) is 18.3 Å². The van der Waals surface area contributed by atoms with Gasteiger partial charge in [0.05, 0.1) is 5.57 Å². The predicted molar refractivity (Wildman–Crippen MR) is 81.8 cm³/mol. The average molecular weight is 320 g/mol. The zero-order valence-electron chi connectivity index (χ0n) is 13.7. The third-order valence-corrected chi connectivity index (χ3v) is 4.10. The molecule has 3 atom stereocenters. The van der Waals surface area contributed by atoms with Crippen LogP contribution in [0.1, 0.15) is 40.5 Å². The lowest BCUT2D eigenvalue weighted by molar-refractivity contribution is -0.0895. The number of hydrogen-bond donors (Lipinski definition) is 3. The first-order valence-corrected chi connectivity index (χ1v) is 7.49. The number of halogens is 3. The largest absolute Gasteiger partial charge is 0.416 e. The molecule has 1 aliphatic carbocycles. The highest BCUT2D eigenvalue weighted by Crippen LogP contribution is 2.42. The molecule has 0 saturated heterocycles. The molecule has 0 bridgehead atoms. The van der Waals surface area contributed by atoms with E-state index in [-0.39, 0.29) is 11.3 Å². The van der Waals surface area contributed by atoms with E-state index in [4.69, 9.17) is 5.73 Å². The minimum absolute atomic E-state index is 0.0507. The Morgan fingerprint density at radius 1 is 1.36 bits per heavy atom. The van der Waals surface area contributed by atoms with Gasteiger partial charge in [-0.25, -0.2) is 0 Å². The molecule has 0 radical (unpaired) electrons. The van der Waals surface area contributed by atoms with Crippen LogP contribution in [0.4, 0.5) is 13.2 Å². The van der Waals surface area contributed by atoms with Crippen molar-refractivity contribution in [1.82, 2.24) is 5.32 Å². The van der Waals surface area contributed by atoms with Crippen molar-refractivity contribution >= 4 is 0 Å². The van der Waals surface area contributed by atoms with Crippen LogP contribution in [0.5, 0.6) is 0 Å². The maximum absolute atomic E-state index is 13.0. The summed E-state index contributed by atoms with van der Waals surface area (Å²) in [5, 5.41) is 11.9. The standard InChI is InChI=1S/C16H27F3N2O/c1-14(2,3)7-5-11-9-12(16(17,18)19)6-8-15(11,4)10-21-13(20)22/h6,8-9,11,13,21-22H,5,7,10,20H2,1-4H3. The Bertz CT molecular complexity index is 436. The number of rotatable bonds is 5. The molecule has 0 fully saturated rings. The van der Waals surface area contributed by atoms with Crippen LogP contribution in [0.3, 0.4) is 0 Å². The monoisotopic (exact) mass is 320 g/mol. The van der Waals surface area contributed by atoms with Crippen molar-refractivity contribution in [3.8, 4) is 0 Å². The predicted octanol–water partition coefficient (Wildman–Crippen LogP) is 3.32. The second-order valence-corrected chi connectivity index (χ2v) is 7.49. The summed E-state index contributed by atoms with van der Waals surface area (Å²) >= 11 is 0. The van der Waals surface area contributed by atoms with E-state index in [0.29, 0.717) is 13.0 Å². The first-order valence-electron chi connectivity index (χ1n) is 7.49. The Labute approximate surface area is 130 Å². The van der Waals surface area contributed by atoms with Crippen LogP contribution in [0.2, 0.25) is 0 Å². The Kier molecular flexibility index (Phi) is 5.87. The minimum atomic E-state index is -4.33. The minimum Gasteiger partial charge on any atom is -0.366 e. The summed E-state index contributed by atoms with van der Waals surface area (Å²) < 4.78 is 38.9. The summed E-state index contributed by atoms with van der Waals surface area (Å²) in [7, 11) is 0. The molecule has 3 nitrogen and oxygen atoms in total. The maximum Gasteiger partial charge on any atom is 0.416 e. The van der Waals surface area contributed by atoms with Crippen LogP contribution >= 0.6 is 0 Å². The molecule has 0 aromatic carbocycles. The first-order chi connectivity index (χ1) is 9.83. The zero-order valence-corrected chi connectivity index (χ0v) is 13.7. The smallest absolute Gasteiger partial charge is 0.366 e. The number of alkyl halides is 3. The Hall–Kier alpha value is -0.850. The van der Waals surface area contributed by atoms with Crippen LogP contribution < -0.4 is 11.1 Å². The molecular weight excluding hydrogens is 293 g/mol. The lowest BCUT2D eigenvalue weighted by atomic mass is 9.69. The van der Waals surface area contributed by atoms with E-state index < -0.39 is 23.5 Å². The van der Waals surface area contributed by atoms with E-state index >= 15 is 0 Å². The molecule has 0 amide bonds. The van der Waals surface area contributed by atoms with Gasteiger partial charge in [0.25, 0.3) is 0 Å². The van der Waals surface area contributed by atoms with Crippen LogP contribution in [0.15, 0.2) is 23.8 Å². The highest BCUT2D eigenvalue weighted by molar-refractivity contribution is 5.32. The summed E-state index contributed by atoms with van der Waals surface area (Å²) in [6.45, 7) is 8.41. The third kappa shape index (κ3) is 5.74. The molecular formula is C16H27F3N2O. The van der Waals surface area contributed by atoms with Crippen molar-refractivity contribution in [2.24, 2.45) is 22.5 Å². The van der Waals surface area contributed by atoms with Gasteiger partial charge in [0.2, 0.25) is 0 Å². The SMILES string of the molecule is CC(C)(C)CCC1C=C(C(F)(F)F)C=CC1(C)CNC(N)O. The van der Waals surface area contributed by atoms with Crippen molar-refractivity contribution < 1.29 is 18.3 Å². The summed E-state index contributed by atoms with van der Waals surface area (Å²) in [6.07, 6.45) is -0.0345. The van der Waals surface area contributed by atoms with Gasteiger partial charge >= 0.3 is 6.18 Å². The molecule has 128 valence electrons. The highest BCUT2D eigenvalue weighted by atomic mass is 19.4. The quantitative estimate of drug-likeness (QED) is 0.681. The molecule has 6 heteroatoms. The molecule has 0 heterocycles. The maximum atomic E-state index is 13.0. The van der Waals surface area contributed by atoms with Gasteiger partial charge < -0.3 is 5.11 Å². The van der Waals surface area contributed by atoms with Crippen LogP contribution in [-0.2, 0) is 0 Å². The fourth-order valence-corrected chi connectivity index (χ4v) is 2.57. The number of hydrogen-bond acceptors (Lipinski definition) is 3. The fourth-order valence-electron chi connectivity index (χ4n) is 2.57. The Morgan fingerprint density at radius 3 is 2.41 bits per heavy atom. The van der Waals surface area contributed by atoms with Crippen molar-refractivity contribution in [2.45, 2.75) is 53.1 Å². The van der Waals surface area contributed by atoms with Crippen molar-refractivity contribution in [1.29, 1.82) is 0 Å². The third-order valence-electron chi connectivity index (χ3n) is 4.10. The number of nitrogens with one attached hydrogen (secondary N) is 1. The van der Waals surface area contributed by atoms with Gasteiger partial charge in [-0.15, -0.1) is 0 Å². The van der Waals surface area contributed by atoms with Crippen LogP contribution in [-0.4, -0.2) is 24.2 Å². The van der Waals surface area contributed by atoms with E-state index in [1.165, 1.54) is 6.08 Å². The highest BCUT2D eigenvalue weighted by Gasteiger charge is 2.40. The van der Waals surface area contributed by atoms with Gasteiger partial charge in [-0.2, -0.15) is 13.2 Å². The van der Waals surface area contributed by atoms with Gasteiger partial charge in [-0.1, -0.05) is 45.9 Å². The Morgan fingerprint density at radius 2 is 1.95 bits per heavy atom. The summed E-state index contributed by atoms with van der Waals surface area (Å²) in [5.41, 5.74) is 4.22. The number of nitrogens with two attached hydrogens (primary N) is 1. The summed E-state index contributed by atoms with van der Waals surface area (Å²) in [5.74, 6) is -0.264. The molecule has 0 aromatic rings. The normalized spacial score (nSPS) is 27.7. The van der Waals surface area contributed by atoms with E-state index in [1.54, 1.807) is 6.08 Å². The molecule has 0 saturated carbocycles. The van der Waals surface area contributed by atoms with Gasteiger partial charge in [0, 0.05) is 12.0 Å². The van der Waals surface area contributed by atoms with E-state index in [1.807, 2.05) is 6.92 Å². The molecule has 0 aromatic heterocycles. The molecule has 3 unspecified atom stereocenters. The zero-order chi connectivity index (χ0) is 17.2. The van der Waals surface area contributed by atoms with E-state index in [2.05, 4.69) is 26.1 Å². The summed E-state index contributed by atoms with van der Waals surface area (Å²) in [6, 6.07) is 0. The first kappa shape index (κ1) is 19.2. The van der Waals surface area contributed by atoms with Gasteiger partial charge in [-0.3, -0.25) is 11.1 Å². The van der Waals surface area contributed by atoms with Crippen molar-refractivity contribution in [3.05, 3.63) is 23.8 Å². The van der Waals surface area contributed by atoms with Gasteiger partial charge in [0.15, 0.2) is 6.35 Å². The van der Waals surface area contributed by atoms with Gasteiger partial charge in [0.1, 0.15) is 0 Å². The molecule has 1 aliphatic rings. The molecule has 0 spiro atoms. The van der Waals surface area contributed by atoms with Crippen LogP contribution in [0.25, 0.3) is 0 Å². The average Bonchev–Trinajstić information content (AvgIpc) is 2.33. The second kappa shape index (κ2) is 6.72. The van der Waals surface area contributed by atoms with Crippen molar-refractivity contribution in [2.75, 3.05) is 6.54 Å². The lowest BCUT2D eigenvalue weighted by Crippen LogP contribution is -2.45. The topological polar surface area (TPSA) is 58.3 Å². The number of aliphatic hydroxyl groups excluding tert-OH is 1. The van der Waals surface area contributed by atoms with E-state index in [0.717, 1.165) is 12.5 Å². The van der Waals surface area contributed by atoms with Crippen molar-refractivity contribution in [3.63, 3.8) is 0 Å². The molecule has 4 N–H and O–H groups in total. The summed E-state index contributed by atoms with van der Waals surface area (Å²) in [4.78, 5) is 0. The number of allylic oxidation sites excluding steroid dienone is 3. The Balaban J connectivity index is 2.96. The molecule has 0 aliphatic heterocycles. The number of aliphatic hydroxyl groups is 1. The fraction of sp³-hybridized carbons (Fsp3) is 0.750. The second-order valence-electron chi connectivity index (χ2n) is 7.49. The molecule has 1 rings (SSSR count). The van der Waals surface area contributed by atoms with Gasteiger partial charge in [-0.05, 0) is 24.2 Å².